The molecule has 6 nitrogen and oxygen atoms in total. The van der Waals surface area contributed by atoms with Crippen molar-refractivity contribution in [1.82, 2.24) is 4.90 Å². The number of nitrogens with one attached hydrogen (secondary N) is 1. The smallest absolute Gasteiger partial charge is 0.277 e. The lowest BCUT2D eigenvalue weighted by molar-refractivity contribution is -0.135. The molecule has 2 aromatic carbocycles. The average molecular weight is 373 g/mol. The molecule has 0 saturated carbocycles. The number of methoxy groups -OCH3 is 2. The molecule has 0 fully saturated rings. The number of carbonyl (C=O) groups excluding carboxylic acids is 2. The number of nitrogens with zero attached hydrogens (tertiary/aromatic N) is 1. The molecule has 2 aromatic rings. The molecular formula is C19H17ClN2O4. The minimum Gasteiger partial charge on any atom is -0.497 e. The fraction of sp³-hybridized carbons (Fsp3) is 0.158. The summed E-state index contributed by atoms with van der Waals surface area (Å²) in [6, 6.07) is 11.9. The second kappa shape index (κ2) is 7.09. The van der Waals surface area contributed by atoms with Gasteiger partial charge in [-0.3, -0.25) is 14.5 Å². The molecule has 0 saturated heterocycles. The van der Waals surface area contributed by atoms with E-state index in [1.165, 1.54) is 14.2 Å². The molecule has 1 heterocycles. The van der Waals surface area contributed by atoms with E-state index in [-0.39, 0.29) is 17.2 Å². The van der Waals surface area contributed by atoms with Crippen LogP contribution >= 0.6 is 11.6 Å². The predicted molar refractivity (Wildman–Crippen MR) is 99.3 cm³/mol. The second-order valence-corrected chi connectivity index (χ2v) is 6.05. The Balaban J connectivity index is 2.10. The van der Waals surface area contributed by atoms with E-state index in [1.807, 2.05) is 0 Å². The van der Waals surface area contributed by atoms with E-state index in [0.29, 0.717) is 27.8 Å². The molecular weight excluding hydrogens is 356 g/mol. The van der Waals surface area contributed by atoms with Crippen LogP contribution in [0.15, 0.2) is 48.2 Å². The van der Waals surface area contributed by atoms with Crippen LogP contribution in [-0.4, -0.2) is 38.0 Å². The van der Waals surface area contributed by atoms with Crippen LogP contribution < -0.4 is 14.8 Å². The standard InChI is InChI=1S/C19H17ClN2O4/c1-22-18(23)16(11-4-7-13(25-2)8-5-11)17(19(22)24)21-14-10-12(20)6-9-15(14)26-3/h4-10,21H,1-3H3. The van der Waals surface area contributed by atoms with Crippen molar-refractivity contribution in [2.24, 2.45) is 0 Å². The Morgan fingerprint density at radius 1 is 0.962 bits per heavy atom. The summed E-state index contributed by atoms with van der Waals surface area (Å²) in [6.07, 6.45) is 0. The average Bonchev–Trinajstić information content (AvgIpc) is 2.86. The SMILES string of the molecule is COc1ccc(C2=C(Nc3cc(Cl)ccc3OC)C(=O)N(C)C2=O)cc1. The Morgan fingerprint density at radius 3 is 2.27 bits per heavy atom. The summed E-state index contributed by atoms with van der Waals surface area (Å²) < 4.78 is 10.4. The van der Waals surface area contributed by atoms with Gasteiger partial charge in [0.1, 0.15) is 17.2 Å². The molecule has 1 aliphatic heterocycles. The zero-order chi connectivity index (χ0) is 18.8. The van der Waals surface area contributed by atoms with Gasteiger partial charge in [-0.1, -0.05) is 23.7 Å². The van der Waals surface area contributed by atoms with Crippen LogP contribution in [0.3, 0.4) is 0 Å². The Morgan fingerprint density at radius 2 is 1.65 bits per heavy atom. The van der Waals surface area contributed by atoms with Gasteiger partial charge in [-0.15, -0.1) is 0 Å². The van der Waals surface area contributed by atoms with E-state index in [9.17, 15) is 9.59 Å². The molecule has 3 rings (SSSR count). The number of amides is 2. The van der Waals surface area contributed by atoms with Gasteiger partial charge in [0.15, 0.2) is 0 Å². The van der Waals surface area contributed by atoms with Crippen molar-refractivity contribution in [2.45, 2.75) is 0 Å². The quantitative estimate of drug-likeness (QED) is 0.816. The first-order valence-electron chi connectivity index (χ1n) is 7.78. The monoisotopic (exact) mass is 372 g/mol. The van der Waals surface area contributed by atoms with Crippen molar-refractivity contribution in [3.8, 4) is 11.5 Å². The van der Waals surface area contributed by atoms with Crippen LogP contribution in [0.2, 0.25) is 5.02 Å². The molecule has 0 unspecified atom stereocenters. The Labute approximate surface area is 156 Å². The van der Waals surface area contributed by atoms with E-state index in [1.54, 1.807) is 49.6 Å². The number of halogens is 1. The molecule has 0 bridgehead atoms. The van der Waals surface area contributed by atoms with Gasteiger partial charge in [0.2, 0.25) is 0 Å². The highest BCUT2D eigenvalue weighted by Crippen LogP contribution is 2.34. The molecule has 0 aliphatic carbocycles. The molecule has 1 N–H and O–H groups in total. The molecule has 0 aromatic heterocycles. The first-order valence-corrected chi connectivity index (χ1v) is 8.15. The van der Waals surface area contributed by atoms with Gasteiger partial charge in [0.05, 0.1) is 25.5 Å². The minimum absolute atomic E-state index is 0.170. The van der Waals surface area contributed by atoms with Gasteiger partial charge in [-0.05, 0) is 35.9 Å². The highest BCUT2D eigenvalue weighted by atomic mass is 35.5. The Bertz CT molecular complexity index is 906. The second-order valence-electron chi connectivity index (χ2n) is 5.62. The third-order valence-electron chi connectivity index (χ3n) is 4.09. The Kier molecular flexibility index (Phi) is 4.86. The molecule has 26 heavy (non-hydrogen) atoms. The lowest BCUT2D eigenvalue weighted by Gasteiger charge is -2.13. The van der Waals surface area contributed by atoms with Crippen molar-refractivity contribution in [3.05, 3.63) is 58.7 Å². The van der Waals surface area contributed by atoms with Crippen molar-refractivity contribution in [2.75, 3.05) is 26.6 Å². The summed E-state index contributed by atoms with van der Waals surface area (Å²) in [7, 11) is 4.52. The summed E-state index contributed by atoms with van der Waals surface area (Å²) in [5.41, 5.74) is 1.56. The molecule has 1 aliphatic rings. The van der Waals surface area contributed by atoms with Gasteiger partial charge in [-0.2, -0.15) is 0 Å². The summed E-state index contributed by atoms with van der Waals surface area (Å²) >= 11 is 6.05. The maximum absolute atomic E-state index is 12.6. The van der Waals surface area contributed by atoms with Crippen molar-refractivity contribution >= 4 is 34.7 Å². The van der Waals surface area contributed by atoms with Crippen molar-refractivity contribution in [1.29, 1.82) is 0 Å². The van der Waals surface area contributed by atoms with Crippen LogP contribution in [0.1, 0.15) is 5.56 Å². The maximum Gasteiger partial charge on any atom is 0.277 e. The predicted octanol–water partition coefficient (Wildman–Crippen LogP) is 3.18. The first kappa shape index (κ1) is 17.8. The van der Waals surface area contributed by atoms with E-state index in [4.69, 9.17) is 21.1 Å². The van der Waals surface area contributed by atoms with E-state index >= 15 is 0 Å². The minimum atomic E-state index is -0.428. The summed E-state index contributed by atoms with van der Waals surface area (Å²) in [5.74, 6) is 0.350. The fourth-order valence-electron chi connectivity index (χ4n) is 2.70. The van der Waals surface area contributed by atoms with E-state index in [0.717, 1.165) is 4.90 Å². The van der Waals surface area contributed by atoms with Crippen LogP contribution in [0.4, 0.5) is 5.69 Å². The van der Waals surface area contributed by atoms with Crippen molar-refractivity contribution < 1.29 is 19.1 Å². The van der Waals surface area contributed by atoms with Gasteiger partial charge in [0, 0.05) is 12.1 Å². The molecule has 0 radical (unpaired) electrons. The van der Waals surface area contributed by atoms with E-state index in [2.05, 4.69) is 5.32 Å². The number of anilines is 1. The molecule has 0 spiro atoms. The van der Waals surface area contributed by atoms with Gasteiger partial charge in [-0.25, -0.2) is 0 Å². The summed E-state index contributed by atoms with van der Waals surface area (Å²) in [4.78, 5) is 26.3. The van der Waals surface area contributed by atoms with Crippen LogP contribution in [0.5, 0.6) is 11.5 Å². The Hall–Kier alpha value is -2.99. The summed E-state index contributed by atoms with van der Waals surface area (Å²) in [5, 5.41) is 3.49. The number of ether oxygens (including phenoxy) is 2. The van der Waals surface area contributed by atoms with Gasteiger partial charge < -0.3 is 14.8 Å². The topological polar surface area (TPSA) is 67.9 Å². The van der Waals surface area contributed by atoms with Crippen molar-refractivity contribution in [3.63, 3.8) is 0 Å². The van der Waals surface area contributed by atoms with Crippen LogP contribution in [0.25, 0.3) is 5.57 Å². The molecule has 0 atom stereocenters. The third kappa shape index (κ3) is 3.11. The number of hydrogen-bond donors (Lipinski definition) is 1. The zero-order valence-corrected chi connectivity index (χ0v) is 15.3. The van der Waals surface area contributed by atoms with Gasteiger partial charge in [0.25, 0.3) is 11.8 Å². The number of hydrogen-bond acceptors (Lipinski definition) is 5. The van der Waals surface area contributed by atoms with E-state index < -0.39 is 5.91 Å². The highest BCUT2D eigenvalue weighted by Gasteiger charge is 2.37. The molecule has 2 amide bonds. The van der Waals surface area contributed by atoms with Crippen LogP contribution in [-0.2, 0) is 9.59 Å². The number of benzene rings is 2. The molecule has 134 valence electrons. The number of likely N-dealkylation sites (N-methyl/N-ethyl adjacent to an activating group) is 1. The normalized spacial score (nSPS) is 14.1. The third-order valence-corrected chi connectivity index (χ3v) is 4.32. The summed E-state index contributed by atoms with van der Waals surface area (Å²) in [6.45, 7) is 0. The largest absolute Gasteiger partial charge is 0.497 e. The van der Waals surface area contributed by atoms with Crippen LogP contribution in [0, 0.1) is 0 Å². The fourth-order valence-corrected chi connectivity index (χ4v) is 2.87. The first-order chi connectivity index (χ1) is 12.5. The lowest BCUT2D eigenvalue weighted by Crippen LogP contribution is -2.27. The van der Waals surface area contributed by atoms with Gasteiger partial charge >= 0.3 is 0 Å². The highest BCUT2D eigenvalue weighted by molar-refractivity contribution is 6.36. The molecule has 7 heteroatoms. The maximum atomic E-state index is 12.6. The lowest BCUT2D eigenvalue weighted by atomic mass is 10.0. The number of carbonyl (C=O) groups is 2. The zero-order valence-electron chi connectivity index (χ0n) is 14.5. The number of rotatable bonds is 5. The number of imide groups is 1.